The molecule has 0 spiro atoms. The predicted molar refractivity (Wildman–Crippen MR) is 96.4 cm³/mol. The second kappa shape index (κ2) is 6.93. The monoisotopic (exact) mass is 341 g/mol. The molecule has 0 unspecified atom stereocenters. The summed E-state index contributed by atoms with van der Waals surface area (Å²) in [6, 6.07) is 16.3. The number of rotatable bonds is 4. The number of nitrogens with zero attached hydrogens (tertiary/aromatic N) is 3. The Hall–Kier alpha value is -1.88. The third-order valence-electron chi connectivity index (χ3n) is 4.49. The molecule has 1 aliphatic rings. The maximum atomic E-state index is 6.38. The molecule has 2 aromatic carbocycles. The molecule has 0 saturated carbocycles. The second-order valence-electron chi connectivity index (χ2n) is 6.08. The molecule has 5 heteroatoms. The van der Waals surface area contributed by atoms with Gasteiger partial charge in [0, 0.05) is 18.1 Å². The molecule has 1 aromatic heterocycles. The van der Waals surface area contributed by atoms with Gasteiger partial charge in [0.2, 0.25) is 0 Å². The standard InChI is InChI=1S/C19H20ClN3O/c20-16-6-2-1-5-15(16)13-23-18-8-4-3-7-17(18)21-19(23)14-22-9-11-24-12-10-22/h1-8H,9-14H2. The number of hydrogen-bond donors (Lipinski definition) is 0. The second-order valence-corrected chi connectivity index (χ2v) is 6.49. The van der Waals surface area contributed by atoms with Gasteiger partial charge in [-0.1, -0.05) is 41.9 Å². The lowest BCUT2D eigenvalue weighted by molar-refractivity contribution is 0.0327. The molecule has 4 nitrogen and oxygen atoms in total. The van der Waals surface area contributed by atoms with Crippen LogP contribution in [0.5, 0.6) is 0 Å². The zero-order valence-corrected chi connectivity index (χ0v) is 14.2. The molecule has 0 atom stereocenters. The van der Waals surface area contributed by atoms with Gasteiger partial charge in [-0.15, -0.1) is 0 Å². The van der Waals surface area contributed by atoms with Crippen molar-refractivity contribution in [2.75, 3.05) is 26.3 Å². The van der Waals surface area contributed by atoms with Crippen LogP contribution >= 0.6 is 11.6 Å². The highest BCUT2D eigenvalue weighted by Crippen LogP contribution is 2.22. The fourth-order valence-electron chi connectivity index (χ4n) is 3.18. The van der Waals surface area contributed by atoms with E-state index in [1.807, 2.05) is 24.3 Å². The van der Waals surface area contributed by atoms with Crippen LogP contribution < -0.4 is 0 Å². The summed E-state index contributed by atoms with van der Waals surface area (Å²) in [5.41, 5.74) is 3.30. The Morgan fingerprint density at radius 3 is 2.54 bits per heavy atom. The van der Waals surface area contributed by atoms with Crippen LogP contribution in [0.2, 0.25) is 5.02 Å². The van der Waals surface area contributed by atoms with Crippen molar-refractivity contribution in [3.8, 4) is 0 Å². The zero-order chi connectivity index (χ0) is 16.4. The van der Waals surface area contributed by atoms with E-state index in [1.165, 1.54) is 0 Å². The first-order valence-corrected chi connectivity index (χ1v) is 8.67. The van der Waals surface area contributed by atoms with Gasteiger partial charge in [-0.3, -0.25) is 4.90 Å². The highest BCUT2D eigenvalue weighted by Gasteiger charge is 2.17. The maximum absolute atomic E-state index is 6.38. The van der Waals surface area contributed by atoms with Gasteiger partial charge in [-0.2, -0.15) is 0 Å². The fourth-order valence-corrected chi connectivity index (χ4v) is 3.37. The molecular weight excluding hydrogens is 322 g/mol. The van der Waals surface area contributed by atoms with Crippen molar-refractivity contribution in [2.24, 2.45) is 0 Å². The van der Waals surface area contributed by atoms with Crippen molar-refractivity contribution in [3.63, 3.8) is 0 Å². The zero-order valence-electron chi connectivity index (χ0n) is 13.5. The van der Waals surface area contributed by atoms with Gasteiger partial charge in [0.15, 0.2) is 0 Å². The summed E-state index contributed by atoms with van der Waals surface area (Å²) < 4.78 is 7.74. The van der Waals surface area contributed by atoms with Crippen molar-refractivity contribution < 1.29 is 4.74 Å². The Bertz CT molecular complexity index is 839. The molecule has 4 rings (SSSR count). The molecule has 24 heavy (non-hydrogen) atoms. The molecule has 1 aliphatic heterocycles. The molecule has 3 aromatic rings. The molecule has 2 heterocycles. The van der Waals surface area contributed by atoms with Crippen LogP contribution in [0.3, 0.4) is 0 Å². The highest BCUT2D eigenvalue weighted by molar-refractivity contribution is 6.31. The van der Waals surface area contributed by atoms with Gasteiger partial charge in [0.05, 0.1) is 37.3 Å². The minimum absolute atomic E-state index is 0.736. The van der Waals surface area contributed by atoms with Gasteiger partial charge in [-0.05, 0) is 23.8 Å². The average Bonchev–Trinajstić information content (AvgIpc) is 2.95. The molecule has 1 saturated heterocycles. The van der Waals surface area contributed by atoms with Gasteiger partial charge in [0.25, 0.3) is 0 Å². The number of morpholine rings is 1. The van der Waals surface area contributed by atoms with E-state index >= 15 is 0 Å². The van der Waals surface area contributed by atoms with Crippen LogP contribution in [0.1, 0.15) is 11.4 Å². The van der Waals surface area contributed by atoms with Crippen LogP contribution in [-0.4, -0.2) is 40.8 Å². The van der Waals surface area contributed by atoms with Gasteiger partial charge < -0.3 is 9.30 Å². The van der Waals surface area contributed by atoms with Crippen molar-refractivity contribution in [3.05, 3.63) is 64.9 Å². The molecule has 0 amide bonds. The van der Waals surface area contributed by atoms with Crippen LogP contribution in [0.4, 0.5) is 0 Å². The maximum Gasteiger partial charge on any atom is 0.124 e. The number of ether oxygens (including phenoxy) is 1. The van der Waals surface area contributed by atoms with Crippen molar-refractivity contribution in [1.29, 1.82) is 0 Å². The van der Waals surface area contributed by atoms with Crippen LogP contribution in [0, 0.1) is 0 Å². The molecule has 0 radical (unpaired) electrons. The first-order valence-electron chi connectivity index (χ1n) is 8.29. The largest absolute Gasteiger partial charge is 0.379 e. The summed E-state index contributed by atoms with van der Waals surface area (Å²) in [5.74, 6) is 1.08. The van der Waals surface area contributed by atoms with Gasteiger partial charge in [0.1, 0.15) is 5.82 Å². The predicted octanol–water partition coefficient (Wildman–Crippen LogP) is 3.57. The summed E-state index contributed by atoms with van der Waals surface area (Å²) in [6.45, 7) is 5.07. The molecule has 124 valence electrons. The summed E-state index contributed by atoms with van der Waals surface area (Å²) in [4.78, 5) is 7.27. The lowest BCUT2D eigenvalue weighted by Crippen LogP contribution is -2.36. The van der Waals surface area contributed by atoms with E-state index in [2.05, 4.69) is 33.7 Å². The number of benzene rings is 2. The smallest absolute Gasteiger partial charge is 0.124 e. The van der Waals surface area contributed by atoms with E-state index in [9.17, 15) is 0 Å². The number of para-hydroxylation sites is 2. The lowest BCUT2D eigenvalue weighted by atomic mass is 10.2. The number of aromatic nitrogens is 2. The molecule has 1 fully saturated rings. The third kappa shape index (κ3) is 3.18. The molecule has 0 bridgehead atoms. The number of fused-ring (bicyclic) bond motifs is 1. The number of halogens is 1. The Morgan fingerprint density at radius 2 is 1.71 bits per heavy atom. The Kier molecular flexibility index (Phi) is 4.52. The molecule has 0 N–H and O–H groups in total. The van der Waals surface area contributed by atoms with Crippen molar-refractivity contribution in [1.82, 2.24) is 14.5 Å². The van der Waals surface area contributed by atoms with Crippen molar-refractivity contribution in [2.45, 2.75) is 13.1 Å². The van der Waals surface area contributed by atoms with Crippen LogP contribution in [0.25, 0.3) is 11.0 Å². The minimum Gasteiger partial charge on any atom is -0.379 e. The van der Waals surface area contributed by atoms with Crippen LogP contribution in [-0.2, 0) is 17.8 Å². The minimum atomic E-state index is 0.736. The topological polar surface area (TPSA) is 30.3 Å². The average molecular weight is 342 g/mol. The summed E-state index contributed by atoms with van der Waals surface area (Å²) in [5, 5.41) is 0.799. The highest BCUT2D eigenvalue weighted by atomic mass is 35.5. The first-order chi connectivity index (χ1) is 11.8. The quantitative estimate of drug-likeness (QED) is 0.726. The summed E-state index contributed by atoms with van der Waals surface area (Å²) in [6.07, 6.45) is 0. The molecule has 0 aliphatic carbocycles. The fraction of sp³-hybridized carbons (Fsp3) is 0.316. The molecular formula is C19H20ClN3O. The van der Waals surface area contributed by atoms with E-state index in [1.54, 1.807) is 0 Å². The Balaban J connectivity index is 1.71. The van der Waals surface area contributed by atoms with Gasteiger partial charge >= 0.3 is 0 Å². The van der Waals surface area contributed by atoms with E-state index in [0.29, 0.717) is 0 Å². The van der Waals surface area contributed by atoms with Crippen molar-refractivity contribution >= 4 is 22.6 Å². The van der Waals surface area contributed by atoms with E-state index in [4.69, 9.17) is 21.3 Å². The summed E-state index contributed by atoms with van der Waals surface area (Å²) >= 11 is 6.38. The van der Waals surface area contributed by atoms with Crippen LogP contribution in [0.15, 0.2) is 48.5 Å². The van der Waals surface area contributed by atoms with E-state index < -0.39 is 0 Å². The Morgan fingerprint density at radius 1 is 0.958 bits per heavy atom. The SMILES string of the molecule is Clc1ccccc1Cn1c(CN2CCOCC2)nc2ccccc21. The van der Waals surface area contributed by atoms with E-state index in [-0.39, 0.29) is 0 Å². The lowest BCUT2D eigenvalue weighted by Gasteiger charge is -2.26. The number of imidazole rings is 1. The summed E-state index contributed by atoms with van der Waals surface area (Å²) in [7, 11) is 0. The Labute approximate surface area is 146 Å². The normalized spacial score (nSPS) is 15.9. The number of hydrogen-bond acceptors (Lipinski definition) is 3. The van der Waals surface area contributed by atoms with E-state index in [0.717, 1.165) is 66.8 Å². The first kappa shape index (κ1) is 15.6. The van der Waals surface area contributed by atoms with Gasteiger partial charge in [-0.25, -0.2) is 4.98 Å². The third-order valence-corrected chi connectivity index (χ3v) is 4.86.